The molecule has 5 nitrogen and oxygen atoms in total. The predicted molar refractivity (Wildman–Crippen MR) is 106 cm³/mol. The predicted octanol–water partition coefficient (Wildman–Crippen LogP) is 4.66. The fourth-order valence-electron chi connectivity index (χ4n) is 2.72. The van der Waals surface area contributed by atoms with Crippen LogP contribution in [-0.2, 0) is 11.3 Å². The Morgan fingerprint density at radius 2 is 2.12 bits per heavy atom. The van der Waals surface area contributed by atoms with Gasteiger partial charge in [0, 0.05) is 28.4 Å². The average Bonchev–Trinajstić information content (AvgIpc) is 2.87. The minimum Gasteiger partial charge on any atom is -0.397 e. The maximum atomic E-state index is 12.7. The van der Waals surface area contributed by atoms with Gasteiger partial charge >= 0.3 is 0 Å². The second kappa shape index (κ2) is 7.11. The number of nitrogen functional groups attached to an aromatic ring is 1. The van der Waals surface area contributed by atoms with Gasteiger partial charge in [-0.3, -0.25) is 4.79 Å². The Balaban J connectivity index is 2.02. The molecule has 25 heavy (non-hydrogen) atoms. The molecule has 0 saturated carbocycles. The highest BCUT2D eigenvalue weighted by Crippen LogP contribution is 2.36. The van der Waals surface area contributed by atoms with Gasteiger partial charge in [-0.15, -0.1) is 11.3 Å². The Bertz CT molecular complexity index is 969. The number of nitrogens with one attached hydrogen (secondary N) is 1. The molecule has 0 aliphatic rings. The number of carbonyl (C=O) groups is 1. The molecule has 0 radical (unpaired) electrons. The highest BCUT2D eigenvalue weighted by Gasteiger charge is 2.20. The van der Waals surface area contributed by atoms with Crippen LogP contribution < -0.4 is 11.1 Å². The number of benzene rings is 1. The van der Waals surface area contributed by atoms with Crippen molar-refractivity contribution in [3.63, 3.8) is 0 Å². The van der Waals surface area contributed by atoms with Crippen LogP contribution >= 0.6 is 27.3 Å². The van der Waals surface area contributed by atoms with Crippen LogP contribution in [0.5, 0.6) is 0 Å². The van der Waals surface area contributed by atoms with Crippen molar-refractivity contribution in [3.05, 3.63) is 50.4 Å². The first-order chi connectivity index (χ1) is 11.9. The quantitative estimate of drug-likeness (QED) is 0.644. The van der Waals surface area contributed by atoms with Crippen molar-refractivity contribution < 1.29 is 9.53 Å². The molecule has 2 aromatic heterocycles. The number of methoxy groups -OCH3 is 1. The smallest absolute Gasteiger partial charge is 0.267 e. The third-order valence-corrected chi connectivity index (χ3v) is 5.44. The lowest BCUT2D eigenvalue weighted by Crippen LogP contribution is -2.12. The molecule has 0 fully saturated rings. The standard InChI is InChI=1S/C18H18BrN3O2S/c1-9-6-12(19)4-5-13(9)22-17(23)16-15(20)14-11(8-24-3)7-10(2)21-18(14)25-16/h4-7H,8,20H2,1-3H3,(H,22,23). The normalized spacial score (nSPS) is 11.0. The van der Waals surface area contributed by atoms with Gasteiger partial charge in [-0.1, -0.05) is 15.9 Å². The highest BCUT2D eigenvalue weighted by atomic mass is 79.9. The van der Waals surface area contributed by atoms with E-state index >= 15 is 0 Å². The molecule has 0 unspecified atom stereocenters. The number of nitrogens with zero attached hydrogens (tertiary/aromatic N) is 1. The van der Waals surface area contributed by atoms with Crippen LogP contribution in [0.3, 0.4) is 0 Å². The monoisotopic (exact) mass is 419 g/mol. The van der Waals surface area contributed by atoms with Gasteiger partial charge in [-0.25, -0.2) is 4.98 Å². The summed E-state index contributed by atoms with van der Waals surface area (Å²) in [7, 11) is 1.63. The van der Waals surface area contributed by atoms with E-state index in [1.54, 1.807) is 7.11 Å². The van der Waals surface area contributed by atoms with Gasteiger partial charge in [0.25, 0.3) is 5.91 Å². The first kappa shape index (κ1) is 17.8. The molecular formula is C18H18BrN3O2S. The fraction of sp³-hybridized carbons (Fsp3) is 0.222. The van der Waals surface area contributed by atoms with Crippen molar-refractivity contribution in [1.29, 1.82) is 0 Å². The van der Waals surface area contributed by atoms with Crippen molar-refractivity contribution in [2.24, 2.45) is 0 Å². The summed E-state index contributed by atoms with van der Waals surface area (Å²) >= 11 is 4.72. The third-order valence-electron chi connectivity index (χ3n) is 3.85. The van der Waals surface area contributed by atoms with Crippen LogP contribution in [0.4, 0.5) is 11.4 Å². The Kier molecular flexibility index (Phi) is 5.08. The van der Waals surface area contributed by atoms with E-state index in [2.05, 4.69) is 26.2 Å². The van der Waals surface area contributed by atoms with Gasteiger partial charge in [0.05, 0.1) is 12.3 Å². The second-order valence-corrected chi connectivity index (χ2v) is 7.71. The molecule has 3 rings (SSSR count). The number of hydrogen-bond acceptors (Lipinski definition) is 5. The minimum absolute atomic E-state index is 0.230. The molecule has 0 bridgehead atoms. The van der Waals surface area contributed by atoms with Gasteiger partial charge in [0.1, 0.15) is 9.71 Å². The number of aromatic nitrogens is 1. The van der Waals surface area contributed by atoms with Gasteiger partial charge in [-0.2, -0.15) is 0 Å². The fourth-order valence-corrected chi connectivity index (χ4v) is 4.28. The second-order valence-electron chi connectivity index (χ2n) is 5.79. The number of anilines is 2. The van der Waals surface area contributed by atoms with Gasteiger partial charge in [-0.05, 0) is 49.2 Å². The Hall–Kier alpha value is -1.96. The number of nitrogens with two attached hydrogens (primary N) is 1. The number of pyridine rings is 1. The molecule has 0 saturated heterocycles. The number of fused-ring (bicyclic) bond motifs is 1. The number of thiophene rings is 1. The van der Waals surface area contributed by atoms with Crippen molar-refractivity contribution in [3.8, 4) is 0 Å². The van der Waals surface area contributed by atoms with E-state index in [4.69, 9.17) is 10.5 Å². The first-order valence-electron chi connectivity index (χ1n) is 7.65. The molecule has 3 aromatic rings. The number of halogens is 1. The number of amides is 1. The van der Waals surface area contributed by atoms with E-state index in [9.17, 15) is 4.79 Å². The summed E-state index contributed by atoms with van der Waals surface area (Å²) in [6.07, 6.45) is 0. The van der Waals surface area contributed by atoms with Crippen LogP contribution in [-0.4, -0.2) is 18.0 Å². The van der Waals surface area contributed by atoms with E-state index < -0.39 is 0 Å². The van der Waals surface area contributed by atoms with Crippen LogP contribution in [0.1, 0.15) is 26.5 Å². The zero-order valence-electron chi connectivity index (χ0n) is 14.1. The Morgan fingerprint density at radius 3 is 2.80 bits per heavy atom. The molecule has 130 valence electrons. The zero-order valence-corrected chi connectivity index (χ0v) is 16.5. The maximum Gasteiger partial charge on any atom is 0.267 e. The van der Waals surface area contributed by atoms with Crippen molar-refractivity contribution in [2.45, 2.75) is 20.5 Å². The lowest BCUT2D eigenvalue weighted by molar-refractivity contribution is 0.103. The number of hydrogen-bond donors (Lipinski definition) is 2. The molecule has 3 N–H and O–H groups in total. The van der Waals surface area contributed by atoms with Crippen molar-refractivity contribution in [1.82, 2.24) is 4.98 Å². The van der Waals surface area contributed by atoms with Gasteiger partial charge < -0.3 is 15.8 Å². The summed E-state index contributed by atoms with van der Waals surface area (Å²) in [6.45, 7) is 4.28. The summed E-state index contributed by atoms with van der Waals surface area (Å²) in [6, 6.07) is 7.64. The number of carbonyl (C=O) groups excluding carboxylic acids is 1. The van der Waals surface area contributed by atoms with E-state index in [0.717, 1.165) is 37.2 Å². The average molecular weight is 420 g/mol. The van der Waals surface area contributed by atoms with E-state index in [1.807, 2.05) is 38.1 Å². The zero-order chi connectivity index (χ0) is 18.1. The Morgan fingerprint density at radius 1 is 1.36 bits per heavy atom. The summed E-state index contributed by atoms with van der Waals surface area (Å²) in [5, 5.41) is 3.73. The number of aryl methyl sites for hydroxylation is 2. The van der Waals surface area contributed by atoms with Crippen LogP contribution in [0.2, 0.25) is 0 Å². The maximum absolute atomic E-state index is 12.7. The molecule has 0 atom stereocenters. The summed E-state index contributed by atoms with van der Waals surface area (Å²) in [4.78, 5) is 18.5. The van der Waals surface area contributed by atoms with Crippen LogP contribution in [0, 0.1) is 13.8 Å². The number of rotatable bonds is 4. The molecule has 0 aliphatic heterocycles. The number of ether oxygens (including phenoxy) is 1. The SMILES string of the molecule is COCc1cc(C)nc2sc(C(=O)Nc3ccc(Br)cc3C)c(N)c12. The molecular weight excluding hydrogens is 402 g/mol. The lowest BCUT2D eigenvalue weighted by Gasteiger charge is -2.08. The minimum atomic E-state index is -0.230. The summed E-state index contributed by atoms with van der Waals surface area (Å²) < 4.78 is 6.22. The third kappa shape index (κ3) is 3.53. The van der Waals surface area contributed by atoms with Gasteiger partial charge in [0.15, 0.2) is 0 Å². The molecule has 1 amide bonds. The molecule has 0 spiro atoms. The molecule has 2 heterocycles. The molecule has 7 heteroatoms. The summed E-state index contributed by atoms with van der Waals surface area (Å²) in [5.74, 6) is -0.230. The van der Waals surface area contributed by atoms with Crippen LogP contribution in [0.25, 0.3) is 10.2 Å². The Labute approximate surface area is 158 Å². The molecule has 0 aliphatic carbocycles. The van der Waals surface area contributed by atoms with E-state index in [0.29, 0.717) is 17.2 Å². The highest BCUT2D eigenvalue weighted by molar-refractivity contribution is 9.10. The summed E-state index contributed by atoms with van der Waals surface area (Å²) in [5.41, 5.74) is 10.3. The van der Waals surface area contributed by atoms with Gasteiger partial charge in [0.2, 0.25) is 0 Å². The first-order valence-corrected chi connectivity index (χ1v) is 9.26. The largest absolute Gasteiger partial charge is 0.397 e. The van der Waals surface area contributed by atoms with Crippen molar-refractivity contribution in [2.75, 3.05) is 18.2 Å². The lowest BCUT2D eigenvalue weighted by atomic mass is 10.1. The topological polar surface area (TPSA) is 77.2 Å². The molecule has 1 aromatic carbocycles. The van der Waals surface area contributed by atoms with Crippen molar-refractivity contribution >= 4 is 54.8 Å². The van der Waals surface area contributed by atoms with Crippen LogP contribution in [0.15, 0.2) is 28.7 Å². The van der Waals surface area contributed by atoms with E-state index in [1.165, 1.54) is 11.3 Å². The van der Waals surface area contributed by atoms with E-state index in [-0.39, 0.29) is 5.91 Å².